The minimum Gasteiger partial charge on any atom is -0.379 e. The minimum atomic E-state index is -0.789. The highest BCUT2D eigenvalue weighted by Gasteiger charge is 1.86. The fraction of sp³-hybridized carbons (Fsp3) is 0.750. The fourth-order valence-electron chi connectivity index (χ4n) is 0.289. The van der Waals surface area contributed by atoms with Gasteiger partial charge in [-0.05, 0) is 18.4 Å². The monoisotopic (exact) mass is 149 g/mol. The second-order valence-electron chi connectivity index (χ2n) is 1.55. The highest BCUT2D eigenvalue weighted by atomic mass is 16.7. The first-order valence-electron chi connectivity index (χ1n) is 2.44. The number of Topliss-reactive ketones (excluding diaryl/α,β-unsaturated/α-hetero) is 1. The maximum absolute atomic E-state index is 10.1. The van der Waals surface area contributed by atoms with E-state index in [0.29, 0.717) is 0 Å². The van der Waals surface area contributed by atoms with Gasteiger partial charge < -0.3 is 16.4 Å². The molecule has 0 aliphatic carbocycles. The molecule has 0 spiro atoms. The number of hydrogen-bond donors (Lipinski definition) is 1. The molecule has 0 amide bonds. The van der Waals surface area contributed by atoms with E-state index in [1.165, 1.54) is 6.92 Å². The number of nitro groups is 1. The van der Waals surface area contributed by atoms with Crippen molar-refractivity contribution < 1.29 is 9.83 Å². The molecule has 0 saturated heterocycles. The van der Waals surface area contributed by atoms with Crippen LogP contribution in [-0.4, -0.2) is 17.4 Å². The summed E-state index contributed by atoms with van der Waals surface area (Å²) in [6, 6.07) is 0. The molecule has 0 unspecified atom stereocenters. The molecule has 6 heteroatoms. The lowest BCUT2D eigenvalue weighted by atomic mass is 10.3. The number of rotatable bonds is 4. The number of nitrogens with zero attached hydrogens (tertiary/aromatic N) is 2. The van der Waals surface area contributed by atoms with Gasteiger partial charge in [0.2, 0.25) is 0 Å². The summed E-state index contributed by atoms with van der Waals surface area (Å²) in [4.78, 5) is 19.7. The SMILES string of the molecule is CC(=O)CC[N-][N+](=O)[O-].[NH4+]. The van der Waals surface area contributed by atoms with Gasteiger partial charge in [-0.15, -0.1) is 0 Å². The second kappa shape index (κ2) is 5.96. The zero-order valence-corrected chi connectivity index (χ0v) is 6.03. The molecule has 4 N–H and O–H groups in total. The first-order valence-corrected chi connectivity index (χ1v) is 2.44. The van der Waals surface area contributed by atoms with Gasteiger partial charge in [-0.1, -0.05) is 6.54 Å². The molecule has 60 valence electrons. The van der Waals surface area contributed by atoms with E-state index in [-0.39, 0.29) is 24.9 Å². The summed E-state index contributed by atoms with van der Waals surface area (Å²) < 4.78 is 0. The molecule has 0 atom stereocenters. The van der Waals surface area contributed by atoms with Crippen molar-refractivity contribution in [1.82, 2.24) is 6.15 Å². The summed E-state index contributed by atoms with van der Waals surface area (Å²) in [7, 11) is 0. The van der Waals surface area contributed by atoms with Crippen LogP contribution in [0.15, 0.2) is 0 Å². The molecule has 0 aromatic carbocycles. The summed E-state index contributed by atoms with van der Waals surface area (Å²) >= 11 is 0. The number of hydrogen-bond acceptors (Lipinski definition) is 3. The molecule has 0 aromatic heterocycles. The molecule has 0 aromatic rings. The van der Waals surface area contributed by atoms with E-state index >= 15 is 0 Å². The van der Waals surface area contributed by atoms with Gasteiger partial charge in [0.15, 0.2) is 0 Å². The van der Waals surface area contributed by atoms with Gasteiger partial charge in [0.1, 0.15) is 5.78 Å². The Morgan fingerprint density at radius 3 is 2.50 bits per heavy atom. The Balaban J connectivity index is 0. The minimum absolute atomic E-state index is 0. The van der Waals surface area contributed by atoms with Gasteiger partial charge in [0.05, 0.1) is 0 Å². The van der Waals surface area contributed by atoms with E-state index in [2.05, 4.69) is 5.43 Å². The summed E-state index contributed by atoms with van der Waals surface area (Å²) in [6.45, 7) is 1.36. The van der Waals surface area contributed by atoms with Crippen molar-refractivity contribution in [3.63, 3.8) is 0 Å². The number of carbonyl (C=O) groups excluding carboxylic acids is 1. The summed E-state index contributed by atoms with van der Waals surface area (Å²) in [6.07, 6.45) is 0.154. The molecule has 6 nitrogen and oxygen atoms in total. The Morgan fingerprint density at radius 1 is 1.70 bits per heavy atom. The Morgan fingerprint density at radius 2 is 2.20 bits per heavy atom. The summed E-state index contributed by atoms with van der Waals surface area (Å²) in [5.41, 5.74) is 2.87. The van der Waals surface area contributed by atoms with Crippen LogP contribution in [0.1, 0.15) is 13.3 Å². The highest BCUT2D eigenvalue weighted by Crippen LogP contribution is 1.90. The summed E-state index contributed by atoms with van der Waals surface area (Å²) in [5, 5.41) is 8.72. The molecule has 0 aliphatic heterocycles. The van der Waals surface area contributed by atoms with E-state index in [9.17, 15) is 14.9 Å². The van der Waals surface area contributed by atoms with Crippen LogP contribution in [0.4, 0.5) is 0 Å². The average molecular weight is 149 g/mol. The van der Waals surface area contributed by atoms with Crippen LogP contribution in [0.2, 0.25) is 0 Å². The normalized spacial score (nSPS) is 7.70. The smallest absolute Gasteiger partial charge is 0.128 e. The van der Waals surface area contributed by atoms with Crippen LogP contribution in [0.25, 0.3) is 5.43 Å². The highest BCUT2D eigenvalue weighted by molar-refractivity contribution is 5.75. The molecule has 0 rings (SSSR count). The van der Waals surface area contributed by atoms with Crippen LogP contribution < -0.4 is 6.15 Å². The van der Waals surface area contributed by atoms with Crippen molar-refractivity contribution in [3.05, 3.63) is 15.5 Å². The third kappa shape index (κ3) is 9.95. The van der Waals surface area contributed by atoms with Crippen LogP contribution >= 0.6 is 0 Å². The van der Waals surface area contributed by atoms with Gasteiger partial charge in [-0.25, -0.2) is 0 Å². The number of carbonyl (C=O) groups is 1. The first-order chi connectivity index (χ1) is 4.13. The second-order valence-corrected chi connectivity index (χ2v) is 1.55. The van der Waals surface area contributed by atoms with E-state index in [0.717, 1.165) is 0 Å². The largest absolute Gasteiger partial charge is 0.379 e. The van der Waals surface area contributed by atoms with E-state index in [1.807, 2.05) is 0 Å². The maximum atomic E-state index is 10.1. The van der Waals surface area contributed by atoms with Crippen LogP contribution in [0.5, 0.6) is 0 Å². The molecule has 0 radical (unpaired) electrons. The van der Waals surface area contributed by atoms with E-state index in [1.54, 1.807) is 0 Å². The zero-order valence-electron chi connectivity index (χ0n) is 6.03. The molecular weight excluding hydrogens is 138 g/mol. The first kappa shape index (κ1) is 11.6. The third-order valence-electron chi connectivity index (χ3n) is 0.679. The lowest BCUT2D eigenvalue weighted by Crippen LogP contribution is -1.98. The standard InChI is InChI=1S/C4H7N2O3.H3N/c1-4(7)2-3-5-6(8)9;/h2-3H2,1H3;1H3/q-1;/p+1. The predicted octanol–water partition coefficient (Wildman–Crippen LogP) is 0.907. The topological polar surface area (TPSA) is 111 Å². The lowest BCUT2D eigenvalue weighted by Gasteiger charge is -2.04. The third-order valence-corrected chi connectivity index (χ3v) is 0.679. The Labute approximate surface area is 58.3 Å². The molecular formula is C4H11N3O3. The van der Waals surface area contributed by atoms with Crippen molar-refractivity contribution in [2.24, 2.45) is 0 Å². The predicted molar refractivity (Wildman–Crippen MR) is 36.5 cm³/mol. The van der Waals surface area contributed by atoms with Gasteiger partial charge in [-0.2, -0.15) is 0 Å². The molecule has 10 heavy (non-hydrogen) atoms. The maximum Gasteiger partial charge on any atom is 0.128 e. The summed E-state index contributed by atoms with van der Waals surface area (Å²) in [5.74, 6) is -0.0828. The van der Waals surface area contributed by atoms with Gasteiger partial charge in [0.25, 0.3) is 0 Å². The van der Waals surface area contributed by atoms with Crippen molar-refractivity contribution >= 4 is 5.78 Å². The zero-order chi connectivity index (χ0) is 7.28. The van der Waals surface area contributed by atoms with Gasteiger partial charge >= 0.3 is 0 Å². The molecule has 0 saturated carbocycles. The molecule has 0 heterocycles. The van der Waals surface area contributed by atoms with Crippen molar-refractivity contribution in [3.8, 4) is 0 Å². The quantitative estimate of drug-likeness (QED) is 0.473. The van der Waals surface area contributed by atoms with Crippen LogP contribution in [-0.2, 0) is 4.79 Å². The molecule has 0 fully saturated rings. The van der Waals surface area contributed by atoms with Gasteiger partial charge in [0, 0.05) is 0 Å². The fourth-order valence-corrected chi connectivity index (χ4v) is 0.289. The van der Waals surface area contributed by atoms with Crippen molar-refractivity contribution in [2.45, 2.75) is 13.3 Å². The van der Waals surface area contributed by atoms with Crippen molar-refractivity contribution in [1.29, 1.82) is 0 Å². The van der Waals surface area contributed by atoms with Gasteiger partial charge in [-0.3, -0.25) is 10.1 Å². The molecule has 0 aliphatic rings. The Hall–Kier alpha value is -1.17. The lowest BCUT2D eigenvalue weighted by molar-refractivity contribution is -0.426. The Kier molecular flexibility index (Phi) is 6.91. The number of quaternary nitrogens is 1. The van der Waals surface area contributed by atoms with Crippen LogP contribution in [0, 0.1) is 10.1 Å². The number of ketones is 1. The van der Waals surface area contributed by atoms with Crippen molar-refractivity contribution in [2.75, 3.05) is 6.54 Å². The Bertz CT molecular complexity index is 111. The van der Waals surface area contributed by atoms with Crippen LogP contribution in [0.3, 0.4) is 0 Å². The van der Waals surface area contributed by atoms with E-state index in [4.69, 9.17) is 0 Å². The molecule has 0 bridgehead atoms. The average Bonchev–Trinajstić information content (AvgIpc) is 1.63. The van der Waals surface area contributed by atoms with E-state index < -0.39 is 5.03 Å².